The first-order valence-electron chi connectivity index (χ1n) is 3.95. The standard InChI is InChI=1S/C10H9NO/c12-7-8-1-2-9-3-4-11-6-10(9)5-8/h1-2,4-5,7H,3,6H2. The van der Waals surface area contributed by atoms with E-state index in [-0.39, 0.29) is 0 Å². The van der Waals surface area contributed by atoms with Crippen LogP contribution in [0.5, 0.6) is 0 Å². The summed E-state index contributed by atoms with van der Waals surface area (Å²) in [6.45, 7) is 0.719. The van der Waals surface area contributed by atoms with Crippen molar-refractivity contribution in [3.63, 3.8) is 0 Å². The SMILES string of the molecule is O=Cc1ccc2c(c1)CN=CC2. The maximum Gasteiger partial charge on any atom is 0.150 e. The molecule has 2 rings (SSSR count). The van der Waals surface area contributed by atoms with E-state index in [0.717, 1.165) is 24.8 Å². The zero-order chi connectivity index (χ0) is 8.39. The summed E-state index contributed by atoms with van der Waals surface area (Å²) in [5.74, 6) is 0. The number of aldehydes is 1. The van der Waals surface area contributed by atoms with E-state index in [2.05, 4.69) is 4.99 Å². The van der Waals surface area contributed by atoms with E-state index in [9.17, 15) is 4.79 Å². The van der Waals surface area contributed by atoms with Crippen LogP contribution in [-0.4, -0.2) is 12.5 Å². The van der Waals surface area contributed by atoms with Crippen molar-refractivity contribution in [2.45, 2.75) is 13.0 Å². The number of hydrogen-bond donors (Lipinski definition) is 0. The van der Waals surface area contributed by atoms with E-state index >= 15 is 0 Å². The molecule has 2 nitrogen and oxygen atoms in total. The Morgan fingerprint density at radius 1 is 1.33 bits per heavy atom. The normalized spacial score (nSPS) is 14.0. The molecular weight excluding hydrogens is 150 g/mol. The van der Waals surface area contributed by atoms with E-state index in [1.54, 1.807) is 0 Å². The molecule has 0 radical (unpaired) electrons. The fourth-order valence-electron chi connectivity index (χ4n) is 1.39. The maximum atomic E-state index is 10.5. The Bertz CT molecular complexity index is 342. The lowest BCUT2D eigenvalue weighted by atomic mass is 10.0. The van der Waals surface area contributed by atoms with Gasteiger partial charge in [-0.3, -0.25) is 9.79 Å². The molecule has 0 saturated heterocycles. The quantitative estimate of drug-likeness (QED) is 0.572. The van der Waals surface area contributed by atoms with Crippen molar-refractivity contribution in [3.8, 4) is 0 Å². The van der Waals surface area contributed by atoms with Crippen LogP contribution in [0.25, 0.3) is 0 Å². The Morgan fingerprint density at radius 2 is 2.25 bits per heavy atom. The fourth-order valence-corrected chi connectivity index (χ4v) is 1.39. The minimum absolute atomic E-state index is 0.719. The summed E-state index contributed by atoms with van der Waals surface area (Å²) in [4.78, 5) is 14.6. The van der Waals surface area contributed by atoms with Gasteiger partial charge in [0.1, 0.15) is 6.29 Å². The second-order valence-corrected chi connectivity index (χ2v) is 2.87. The highest BCUT2D eigenvalue weighted by Gasteiger charge is 2.05. The third kappa shape index (κ3) is 1.16. The van der Waals surface area contributed by atoms with Crippen molar-refractivity contribution in [2.24, 2.45) is 4.99 Å². The molecule has 12 heavy (non-hydrogen) atoms. The molecule has 0 N–H and O–H groups in total. The second kappa shape index (κ2) is 2.89. The zero-order valence-corrected chi connectivity index (χ0v) is 6.66. The Balaban J connectivity index is 2.46. The molecule has 1 aliphatic rings. The Morgan fingerprint density at radius 3 is 3.08 bits per heavy atom. The van der Waals surface area contributed by atoms with Crippen molar-refractivity contribution in [1.29, 1.82) is 0 Å². The van der Waals surface area contributed by atoms with Gasteiger partial charge in [-0.2, -0.15) is 0 Å². The van der Waals surface area contributed by atoms with E-state index in [0.29, 0.717) is 0 Å². The number of fused-ring (bicyclic) bond motifs is 1. The molecule has 0 aliphatic carbocycles. The van der Waals surface area contributed by atoms with Crippen LogP contribution in [0.4, 0.5) is 0 Å². The van der Waals surface area contributed by atoms with Crippen molar-refractivity contribution in [3.05, 3.63) is 34.9 Å². The molecule has 60 valence electrons. The van der Waals surface area contributed by atoms with Gasteiger partial charge in [0.25, 0.3) is 0 Å². The monoisotopic (exact) mass is 159 g/mol. The van der Waals surface area contributed by atoms with E-state index in [1.165, 1.54) is 11.1 Å². The van der Waals surface area contributed by atoms with Gasteiger partial charge in [0.05, 0.1) is 6.54 Å². The van der Waals surface area contributed by atoms with Gasteiger partial charge in [-0.05, 0) is 17.2 Å². The molecule has 1 heterocycles. The molecule has 1 aliphatic heterocycles. The van der Waals surface area contributed by atoms with Crippen LogP contribution in [-0.2, 0) is 13.0 Å². The lowest BCUT2D eigenvalue weighted by molar-refractivity contribution is 0.112. The summed E-state index contributed by atoms with van der Waals surface area (Å²) < 4.78 is 0. The number of aliphatic imine (C=N–C) groups is 1. The molecule has 1 aromatic rings. The Kier molecular flexibility index (Phi) is 1.74. The molecule has 0 aromatic heterocycles. The van der Waals surface area contributed by atoms with Crippen LogP contribution in [0.2, 0.25) is 0 Å². The second-order valence-electron chi connectivity index (χ2n) is 2.87. The van der Waals surface area contributed by atoms with Gasteiger partial charge in [-0.1, -0.05) is 12.1 Å². The molecule has 1 aromatic carbocycles. The first-order valence-corrected chi connectivity index (χ1v) is 3.95. The van der Waals surface area contributed by atoms with Gasteiger partial charge in [-0.25, -0.2) is 0 Å². The average molecular weight is 159 g/mol. The van der Waals surface area contributed by atoms with Gasteiger partial charge in [0.15, 0.2) is 0 Å². The predicted octanol–water partition coefficient (Wildman–Crippen LogP) is 1.63. The van der Waals surface area contributed by atoms with Crippen LogP contribution in [0.1, 0.15) is 21.5 Å². The van der Waals surface area contributed by atoms with Crippen LogP contribution in [0.3, 0.4) is 0 Å². The third-order valence-corrected chi connectivity index (χ3v) is 2.07. The van der Waals surface area contributed by atoms with Crippen LogP contribution in [0.15, 0.2) is 23.2 Å². The summed E-state index contributed by atoms with van der Waals surface area (Å²) in [5, 5.41) is 0. The fraction of sp³-hybridized carbons (Fsp3) is 0.200. The summed E-state index contributed by atoms with van der Waals surface area (Å²) in [6.07, 6.45) is 3.69. The largest absolute Gasteiger partial charge is 0.298 e. The van der Waals surface area contributed by atoms with Crippen molar-refractivity contribution in [1.82, 2.24) is 0 Å². The minimum atomic E-state index is 0.719. The summed E-state index contributed by atoms with van der Waals surface area (Å²) in [7, 11) is 0. The molecular formula is C10H9NO. The first kappa shape index (κ1) is 7.22. The maximum absolute atomic E-state index is 10.5. The van der Waals surface area contributed by atoms with Crippen molar-refractivity contribution in [2.75, 3.05) is 0 Å². The first-order chi connectivity index (χ1) is 5.90. The van der Waals surface area contributed by atoms with Gasteiger partial charge in [-0.15, -0.1) is 0 Å². The van der Waals surface area contributed by atoms with Crippen LogP contribution in [0, 0.1) is 0 Å². The zero-order valence-electron chi connectivity index (χ0n) is 6.66. The molecule has 0 fully saturated rings. The highest BCUT2D eigenvalue weighted by Crippen LogP contribution is 2.15. The third-order valence-electron chi connectivity index (χ3n) is 2.07. The lowest BCUT2D eigenvalue weighted by Crippen LogP contribution is -2.01. The number of carbonyl (C=O) groups excluding carboxylic acids is 1. The molecule has 0 bridgehead atoms. The summed E-state index contributed by atoms with van der Waals surface area (Å²) in [6, 6.07) is 5.77. The van der Waals surface area contributed by atoms with Crippen LogP contribution >= 0.6 is 0 Å². The molecule has 0 atom stereocenters. The highest BCUT2D eigenvalue weighted by atomic mass is 16.1. The van der Waals surface area contributed by atoms with Gasteiger partial charge < -0.3 is 0 Å². The average Bonchev–Trinajstić information content (AvgIpc) is 2.17. The number of nitrogens with zero attached hydrogens (tertiary/aromatic N) is 1. The van der Waals surface area contributed by atoms with Gasteiger partial charge in [0.2, 0.25) is 0 Å². The van der Waals surface area contributed by atoms with E-state index < -0.39 is 0 Å². The minimum Gasteiger partial charge on any atom is -0.298 e. The summed E-state index contributed by atoms with van der Waals surface area (Å²) in [5.41, 5.74) is 3.21. The number of benzene rings is 1. The topological polar surface area (TPSA) is 29.4 Å². The smallest absolute Gasteiger partial charge is 0.150 e. The van der Waals surface area contributed by atoms with Crippen LogP contribution < -0.4 is 0 Å². The number of hydrogen-bond acceptors (Lipinski definition) is 2. The molecule has 0 spiro atoms. The van der Waals surface area contributed by atoms with Gasteiger partial charge in [0, 0.05) is 18.2 Å². The predicted molar refractivity (Wildman–Crippen MR) is 47.7 cm³/mol. The summed E-state index contributed by atoms with van der Waals surface area (Å²) >= 11 is 0. The van der Waals surface area contributed by atoms with Crippen molar-refractivity contribution < 1.29 is 4.79 Å². The molecule has 2 heteroatoms. The molecule has 0 saturated carbocycles. The molecule has 0 amide bonds. The highest BCUT2D eigenvalue weighted by molar-refractivity contribution is 5.76. The Labute approximate surface area is 70.9 Å². The van der Waals surface area contributed by atoms with E-state index in [1.807, 2.05) is 24.4 Å². The van der Waals surface area contributed by atoms with Crippen molar-refractivity contribution >= 4 is 12.5 Å². The van der Waals surface area contributed by atoms with Gasteiger partial charge >= 0.3 is 0 Å². The number of rotatable bonds is 1. The Hall–Kier alpha value is -1.44. The molecule has 0 unspecified atom stereocenters. The lowest BCUT2D eigenvalue weighted by Gasteiger charge is -2.09. The number of carbonyl (C=O) groups is 1. The van der Waals surface area contributed by atoms with E-state index in [4.69, 9.17) is 0 Å².